The molecule has 1 heterocycles. The smallest absolute Gasteiger partial charge is 0.261 e. The number of para-hydroxylation sites is 2. The van der Waals surface area contributed by atoms with E-state index < -0.39 is 17.5 Å². The third-order valence-electron chi connectivity index (χ3n) is 3.35. The van der Waals surface area contributed by atoms with E-state index in [1.807, 2.05) is 0 Å². The lowest BCUT2D eigenvalue weighted by Gasteiger charge is -2.09. The van der Waals surface area contributed by atoms with E-state index in [0.717, 1.165) is 12.1 Å². The van der Waals surface area contributed by atoms with Gasteiger partial charge in [0, 0.05) is 5.56 Å². The zero-order valence-electron chi connectivity index (χ0n) is 12.5. The molecule has 0 radical (unpaired) electrons. The van der Waals surface area contributed by atoms with E-state index in [2.05, 4.69) is 10.5 Å². The first-order valence-corrected chi connectivity index (χ1v) is 6.94. The minimum atomic E-state index is -1.04. The van der Waals surface area contributed by atoms with Gasteiger partial charge in [0.25, 0.3) is 5.91 Å². The average molecular weight is 330 g/mol. The van der Waals surface area contributed by atoms with Crippen LogP contribution in [0.3, 0.4) is 0 Å². The summed E-state index contributed by atoms with van der Waals surface area (Å²) in [6, 6.07) is 10.1. The maximum atomic E-state index is 13.4. The molecule has 2 aromatic carbocycles. The first-order valence-electron chi connectivity index (χ1n) is 6.94. The van der Waals surface area contributed by atoms with Crippen LogP contribution in [-0.4, -0.2) is 18.2 Å². The number of methoxy groups -OCH3 is 1. The van der Waals surface area contributed by atoms with Crippen LogP contribution in [0.15, 0.2) is 53.2 Å². The Labute approximate surface area is 135 Å². The molecule has 0 aliphatic heterocycles. The molecule has 24 heavy (non-hydrogen) atoms. The zero-order chi connectivity index (χ0) is 17.1. The van der Waals surface area contributed by atoms with Crippen LogP contribution in [0.5, 0.6) is 5.75 Å². The Kier molecular flexibility index (Phi) is 4.24. The quantitative estimate of drug-likeness (QED) is 0.788. The standard InChI is InChI=1S/C17H12F2N2O3/c1-23-15-5-3-2-4-14(15)21-17(22)11-9-20-24-16(11)10-6-7-12(18)13(19)8-10/h2-9H,1H3,(H,21,22). The van der Waals surface area contributed by atoms with Crippen molar-refractivity contribution in [1.29, 1.82) is 0 Å². The lowest BCUT2D eigenvalue weighted by atomic mass is 10.1. The van der Waals surface area contributed by atoms with Gasteiger partial charge in [-0.25, -0.2) is 8.78 Å². The number of amides is 1. The minimum absolute atomic E-state index is 0.0429. The fraction of sp³-hybridized carbons (Fsp3) is 0.0588. The number of hydrogen-bond donors (Lipinski definition) is 1. The molecule has 3 aromatic rings. The molecule has 0 unspecified atom stereocenters. The van der Waals surface area contributed by atoms with Gasteiger partial charge in [-0.05, 0) is 30.3 Å². The van der Waals surface area contributed by atoms with Gasteiger partial charge >= 0.3 is 0 Å². The number of anilines is 1. The predicted molar refractivity (Wildman–Crippen MR) is 82.8 cm³/mol. The van der Waals surface area contributed by atoms with Gasteiger partial charge in [0.15, 0.2) is 17.4 Å². The van der Waals surface area contributed by atoms with Crippen molar-refractivity contribution in [3.63, 3.8) is 0 Å². The van der Waals surface area contributed by atoms with E-state index in [9.17, 15) is 13.6 Å². The van der Waals surface area contributed by atoms with Crippen LogP contribution in [0.2, 0.25) is 0 Å². The van der Waals surface area contributed by atoms with Gasteiger partial charge in [0.05, 0.1) is 19.0 Å². The number of ether oxygens (including phenoxy) is 1. The summed E-state index contributed by atoms with van der Waals surface area (Å²) in [4.78, 5) is 12.5. The van der Waals surface area contributed by atoms with Crippen LogP contribution >= 0.6 is 0 Å². The van der Waals surface area contributed by atoms with Gasteiger partial charge in [-0.1, -0.05) is 17.3 Å². The number of carbonyl (C=O) groups excluding carboxylic acids is 1. The summed E-state index contributed by atoms with van der Waals surface area (Å²) >= 11 is 0. The topological polar surface area (TPSA) is 64.4 Å². The van der Waals surface area contributed by atoms with Crippen molar-refractivity contribution in [2.75, 3.05) is 12.4 Å². The molecule has 0 atom stereocenters. The van der Waals surface area contributed by atoms with E-state index in [0.29, 0.717) is 11.4 Å². The first kappa shape index (κ1) is 15.7. The Balaban J connectivity index is 1.92. The van der Waals surface area contributed by atoms with E-state index in [4.69, 9.17) is 9.26 Å². The molecule has 7 heteroatoms. The molecule has 1 amide bonds. The Bertz CT molecular complexity index is 893. The van der Waals surface area contributed by atoms with Gasteiger partial charge in [0.2, 0.25) is 0 Å². The van der Waals surface area contributed by atoms with Crippen molar-refractivity contribution in [3.05, 3.63) is 65.9 Å². The van der Waals surface area contributed by atoms with Crippen LogP contribution in [0.1, 0.15) is 10.4 Å². The molecule has 122 valence electrons. The monoisotopic (exact) mass is 330 g/mol. The molecule has 0 saturated carbocycles. The van der Waals surface area contributed by atoms with Crippen LogP contribution in [-0.2, 0) is 0 Å². The van der Waals surface area contributed by atoms with Crippen molar-refractivity contribution >= 4 is 11.6 Å². The molecule has 5 nitrogen and oxygen atoms in total. The van der Waals surface area contributed by atoms with Gasteiger partial charge < -0.3 is 14.6 Å². The summed E-state index contributed by atoms with van der Waals surface area (Å²) in [6.45, 7) is 0. The number of aromatic nitrogens is 1. The SMILES string of the molecule is COc1ccccc1NC(=O)c1cnoc1-c1ccc(F)c(F)c1. The second-order valence-electron chi connectivity index (χ2n) is 4.85. The molecule has 0 fully saturated rings. The van der Waals surface area contributed by atoms with Crippen LogP contribution in [0.25, 0.3) is 11.3 Å². The summed E-state index contributed by atoms with van der Waals surface area (Å²) in [6.07, 6.45) is 1.21. The molecule has 0 saturated heterocycles. The number of carbonyl (C=O) groups is 1. The highest BCUT2D eigenvalue weighted by Gasteiger charge is 2.20. The number of halogens is 2. The second-order valence-corrected chi connectivity index (χ2v) is 4.85. The zero-order valence-corrected chi connectivity index (χ0v) is 12.5. The van der Waals surface area contributed by atoms with Crippen molar-refractivity contribution in [2.45, 2.75) is 0 Å². The Morgan fingerprint density at radius 2 is 1.96 bits per heavy atom. The molecule has 1 aromatic heterocycles. The number of benzene rings is 2. The molecule has 3 rings (SSSR count). The summed E-state index contributed by atoms with van der Waals surface area (Å²) in [5, 5.41) is 6.24. The Hall–Kier alpha value is -3.22. The lowest BCUT2D eigenvalue weighted by molar-refractivity contribution is 0.102. The number of rotatable bonds is 4. The van der Waals surface area contributed by atoms with Crippen molar-refractivity contribution in [2.24, 2.45) is 0 Å². The molecule has 0 aliphatic rings. The highest BCUT2D eigenvalue weighted by molar-refractivity contribution is 6.08. The summed E-state index contributed by atoms with van der Waals surface area (Å²) < 4.78 is 36.6. The fourth-order valence-electron chi connectivity index (χ4n) is 2.18. The number of nitrogens with zero attached hydrogens (tertiary/aromatic N) is 1. The normalized spacial score (nSPS) is 10.5. The maximum Gasteiger partial charge on any atom is 0.261 e. The van der Waals surface area contributed by atoms with Gasteiger partial charge in [-0.2, -0.15) is 0 Å². The largest absolute Gasteiger partial charge is 0.495 e. The van der Waals surface area contributed by atoms with Crippen LogP contribution in [0, 0.1) is 11.6 Å². The molecule has 0 aliphatic carbocycles. The lowest BCUT2D eigenvalue weighted by Crippen LogP contribution is -2.12. The highest BCUT2D eigenvalue weighted by atomic mass is 19.2. The Morgan fingerprint density at radius 1 is 1.17 bits per heavy atom. The van der Waals surface area contributed by atoms with Crippen LogP contribution in [0.4, 0.5) is 14.5 Å². The van der Waals surface area contributed by atoms with E-state index in [1.54, 1.807) is 24.3 Å². The number of hydrogen-bond acceptors (Lipinski definition) is 4. The molecule has 1 N–H and O–H groups in total. The molecule has 0 bridgehead atoms. The summed E-state index contributed by atoms with van der Waals surface area (Å²) in [5.74, 6) is -2.02. The van der Waals surface area contributed by atoms with Gasteiger partial charge in [-0.3, -0.25) is 4.79 Å². The van der Waals surface area contributed by atoms with E-state index in [-0.39, 0.29) is 16.9 Å². The maximum absolute atomic E-state index is 13.4. The fourth-order valence-corrected chi connectivity index (χ4v) is 2.18. The van der Waals surface area contributed by atoms with Gasteiger partial charge in [0.1, 0.15) is 11.3 Å². The minimum Gasteiger partial charge on any atom is -0.495 e. The predicted octanol–water partition coefficient (Wildman–Crippen LogP) is 3.88. The Morgan fingerprint density at radius 3 is 2.71 bits per heavy atom. The third-order valence-corrected chi connectivity index (χ3v) is 3.35. The molecule has 0 spiro atoms. The summed E-state index contributed by atoms with van der Waals surface area (Å²) in [5.41, 5.74) is 0.755. The van der Waals surface area contributed by atoms with Crippen molar-refractivity contribution in [1.82, 2.24) is 5.16 Å². The molecular weight excluding hydrogens is 318 g/mol. The third kappa shape index (κ3) is 2.96. The number of nitrogens with one attached hydrogen (secondary N) is 1. The van der Waals surface area contributed by atoms with Crippen molar-refractivity contribution in [3.8, 4) is 17.1 Å². The first-order chi connectivity index (χ1) is 11.6. The molecular formula is C17H12F2N2O3. The second kappa shape index (κ2) is 6.49. The van der Waals surface area contributed by atoms with E-state index in [1.165, 1.54) is 19.4 Å². The summed E-state index contributed by atoms with van der Waals surface area (Å²) in [7, 11) is 1.48. The van der Waals surface area contributed by atoms with Gasteiger partial charge in [-0.15, -0.1) is 0 Å². The van der Waals surface area contributed by atoms with E-state index >= 15 is 0 Å². The van der Waals surface area contributed by atoms with Crippen LogP contribution < -0.4 is 10.1 Å². The van der Waals surface area contributed by atoms with Crippen molar-refractivity contribution < 1.29 is 22.8 Å². The highest BCUT2D eigenvalue weighted by Crippen LogP contribution is 2.28. The average Bonchev–Trinajstić information content (AvgIpc) is 3.07.